The second kappa shape index (κ2) is 7.25. The van der Waals surface area contributed by atoms with Crippen molar-refractivity contribution in [2.24, 2.45) is 0 Å². The number of hydrogen-bond donors (Lipinski definition) is 0. The van der Waals surface area contributed by atoms with E-state index in [1.807, 2.05) is 4.68 Å². The third-order valence-corrected chi connectivity index (χ3v) is 11.3. The van der Waals surface area contributed by atoms with E-state index >= 15 is 0 Å². The van der Waals surface area contributed by atoms with Gasteiger partial charge in [0.25, 0.3) is 0 Å². The number of nitrogens with zero attached hydrogens (tertiary/aromatic N) is 3. The van der Waals surface area contributed by atoms with Crippen LogP contribution in [-0.4, -0.2) is 15.0 Å². The largest absolute Gasteiger partial charge is 0.247 e. The van der Waals surface area contributed by atoms with Gasteiger partial charge in [-0.05, 0) is 125 Å². The molecule has 0 saturated heterocycles. The fourth-order valence-corrected chi connectivity index (χ4v) is 9.44. The van der Waals surface area contributed by atoms with Crippen molar-refractivity contribution >= 4 is 108 Å². The third kappa shape index (κ3) is 2.40. The van der Waals surface area contributed by atoms with E-state index in [-0.39, 0.29) is 0 Å². The molecule has 0 bridgehead atoms. The number of benzene rings is 10. The number of aromatic nitrogens is 3. The summed E-state index contributed by atoms with van der Waals surface area (Å²) in [7, 11) is 0. The zero-order valence-electron chi connectivity index (χ0n) is 24.5. The second-order valence-corrected chi connectivity index (χ2v) is 13.4. The zero-order chi connectivity index (χ0) is 29.4. The topological polar surface area (TPSA) is 30.7 Å². The lowest BCUT2D eigenvalue weighted by Crippen LogP contribution is -2.01. The maximum absolute atomic E-state index is 4.81. The maximum atomic E-state index is 4.81. The molecular weight excluding hydrogens is 558 g/mol. The molecular formula is C43H21N3. The van der Waals surface area contributed by atoms with Crippen LogP contribution in [0.15, 0.2) is 115 Å². The molecule has 13 aromatic rings. The molecule has 0 spiro atoms. The molecule has 208 valence electrons. The van der Waals surface area contributed by atoms with Gasteiger partial charge in [-0.25, -0.2) is 4.68 Å². The Morgan fingerprint density at radius 2 is 0.783 bits per heavy atom. The van der Waals surface area contributed by atoms with Crippen LogP contribution >= 0.6 is 0 Å². The Labute approximate surface area is 260 Å². The fraction of sp³-hybridized carbons (Fsp3) is 0.0233. The van der Waals surface area contributed by atoms with E-state index in [1.165, 1.54) is 113 Å². The Morgan fingerprint density at radius 3 is 1.33 bits per heavy atom. The molecule has 46 heavy (non-hydrogen) atoms. The summed E-state index contributed by atoms with van der Waals surface area (Å²) in [5.41, 5.74) is 3.34. The minimum Gasteiger partial charge on any atom is -0.247 e. The van der Waals surface area contributed by atoms with Crippen molar-refractivity contribution in [1.29, 1.82) is 0 Å². The van der Waals surface area contributed by atoms with Crippen LogP contribution < -0.4 is 0 Å². The van der Waals surface area contributed by atoms with E-state index < -0.39 is 0 Å². The Hall–Kier alpha value is -6.06. The number of hydrogen-bond acceptors (Lipinski definition) is 2. The van der Waals surface area contributed by atoms with Gasteiger partial charge < -0.3 is 0 Å². The highest BCUT2D eigenvalue weighted by Crippen LogP contribution is 2.51. The molecule has 12 aromatic carbocycles. The second-order valence-electron chi connectivity index (χ2n) is 13.4. The van der Waals surface area contributed by atoms with Gasteiger partial charge in [0.05, 0.1) is 12.7 Å². The first kappa shape index (κ1) is 22.4. The van der Waals surface area contributed by atoms with Crippen molar-refractivity contribution in [3.05, 3.63) is 121 Å². The van der Waals surface area contributed by atoms with Gasteiger partial charge in [0, 0.05) is 5.56 Å². The SMILES string of the molecule is c1cc2ccc3cc(Cn4cc(-c5cc6ccc7ccc8ccc9ccc5c5c9c8c7c65)nn4)c4ccc5ccc1c1c2c3c4c51. The molecule has 1 heterocycles. The summed E-state index contributed by atoms with van der Waals surface area (Å²) in [6.45, 7) is 0.663. The van der Waals surface area contributed by atoms with Crippen molar-refractivity contribution in [3.8, 4) is 11.3 Å². The van der Waals surface area contributed by atoms with Crippen molar-refractivity contribution < 1.29 is 0 Å². The zero-order valence-corrected chi connectivity index (χ0v) is 24.5. The molecule has 0 amide bonds. The molecule has 3 heteroatoms. The van der Waals surface area contributed by atoms with Crippen LogP contribution in [-0.2, 0) is 6.54 Å². The van der Waals surface area contributed by atoms with Gasteiger partial charge in [-0.1, -0.05) is 102 Å². The summed E-state index contributed by atoms with van der Waals surface area (Å²) < 4.78 is 2.02. The predicted molar refractivity (Wildman–Crippen MR) is 193 cm³/mol. The molecule has 0 aliphatic heterocycles. The lowest BCUT2D eigenvalue weighted by Gasteiger charge is -2.11. The minimum atomic E-state index is 0.663. The Bertz CT molecular complexity index is 3240. The summed E-state index contributed by atoms with van der Waals surface area (Å²) >= 11 is 0. The van der Waals surface area contributed by atoms with Crippen LogP contribution in [0.1, 0.15) is 5.56 Å². The average Bonchev–Trinajstić information content (AvgIpc) is 3.82. The standard InChI is InChI=1S/C43H21N3/c1-3-23-9-11-27-17-29(30-15-13-25-7-5-21(1)34-36(23)40(27)42(30)38(25)34)19-46-20-33(44-45-46)32-18-28-12-10-24-4-2-22-6-8-26-14-16-31(32)43-39(26)35(22)37(24)41(28)43/h1-18,20H,19H2. The third-order valence-electron chi connectivity index (χ3n) is 11.3. The van der Waals surface area contributed by atoms with Crippen LogP contribution in [0, 0.1) is 0 Å². The highest BCUT2D eigenvalue weighted by molar-refractivity contribution is 6.46. The van der Waals surface area contributed by atoms with E-state index in [4.69, 9.17) is 10.3 Å². The molecule has 0 aliphatic rings. The summed E-state index contributed by atoms with van der Waals surface area (Å²) in [6.07, 6.45) is 2.14. The Morgan fingerprint density at radius 1 is 0.391 bits per heavy atom. The maximum Gasteiger partial charge on any atom is 0.113 e. The Kier molecular flexibility index (Phi) is 3.54. The molecule has 0 N–H and O–H groups in total. The van der Waals surface area contributed by atoms with Crippen LogP contribution in [0.3, 0.4) is 0 Å². The van der Waals surface area contributed by atoms with Gasteiger partial charge in [-0.3, -0.25) is 0 Å². The summed E-state index contributed by atoms with van der Waals surface area (Å²) in [5.74, 6) is 0. The first-order chi connectivity index (χ1) is 22.8. The fourth-order valence-electron chi connectivity index (χ4n) is 9.44. The highest BCUT2D eigenvalue weighted by atomic mass is 15.4. The van der Waals surface area contributed by atoms with Crippen molar-refractivity contribution in [2.45, 2.75) is 6.54 Å². The van der Waals surface area contributed by atoms with Crippen molar-refractivity contribution in [1.82, 2.24) is 15.0 Å². The number of rotatable bonds is 3. The van der Waals surface area contributed by atoms with Crippen LogP contribution in [0.2, 0.25) is 0 Å². The molecule has 1 aromatic heterocycles. The monoisotopic (exact) mass is 579 g/mol. The first-order valence-corrected chi connectivity index (χ1v) is 16.0. The average molecular weight is 580 g/mol. The molecule has 0 fully saturated rings. The van der Waals surface area contributed by atoms with Crippen LogP contribution in [0.4, 0.5) is 0 Å². The minimum absolute atomic E-state index is 0.663. The van der Waals surface area contributed by atoms with Gasteiger partial charge in [-0.2, -0.15) is 0 Å². The summed E-state index contributed by atoms with van der Waals surface area (Å²) in [5, 5.41) is 36.5. The van der Waals surface area contributed by atoms with Gasteiger partial charge >= 0.3 is 0 Å². The van der Waals surface area contributed by atoms with E-state index in [0.29, 0.717) is 6.54 Å². The molecule has 0 atom stereocenters. The normalized spacial score (nSPS) is 13.3. The van der Waals surface area contributed by atoms with E-state index in [2.05, 4.69) is 115 Å². The summed E-state index contributed by atoms with van der Waals surface area (Å²) in [6, 6.07) is 41.2. The van der Waals surface area contributed by atoms with Crippen molar-refractivity contribution in [2.75, 3.05) is 0 Å². The molecule has 13 rings (SSSR count). The van der Waals surface area contributed by atoms with Crippen LogP contribution in [0.25, 0.3) is 119 Å². The molecule has 0 aliphatic carbocycles. The summed E-state index contributed by atoms with van der Waals surface area (Å²) in [4.78, 5) is 0. The highest BCUT2D eigenvalue weighted by Gasteiger charge is 2.24. The lowest BCUT2D eigenvalue weighted by atomic mass is 9.94. The molecule has 0 saturated carbocycles. The van der Waals surface area contributed by atoms with Crippen molar-refractivity contribution in [3.63, 3.8) is 0 Å². The molecule has 3 nitrogen and oxygen atoms in total. The first-order valence-electron chi connectivity index (χ1n) is 16.0. The molecule has 0 radical (unpaired) electrons. The van der Waals surface area contributed by atoms with E-state index in [0.717, 1.165) is 11.3 Å². The quantitative estimate of drug-likeness (QED) is 0.195. The van der Waals surface area contributed by atoms with Gasteiger partial charge in [-0.15, -0.1) is 5.10 Å². The molecule has 0 unspecified atom stereocenters. The van der Waals surface area contributed by atoms with Crippen LogP contribution in [0.5, 0.6) is 0 Å². The van der Waals surface area contributed by atoms with Gasteiger partial charge in [0.15, 0.2) is 0 Å². The predicted octanol–water partition coefficient (Wildman–Crippen LogP) is 11.2. The van der Waals surface area contributed by atoms with Gasteiger partial charge in [0.1, 0.15) is 5.69 Å². The van der Waals surface area contributed by atoms with E-state index in [9.17, 15) is 0 Å². The van der Waals surface area contributed by atoms with Gasteiger partial charge in [0.2, 0.25) is 0 Å². The Balaban J connectivity index is 1.03. The lowest BCUT2D eigenvalue weighted by molar-refractivity contribution is 0.653. The smallest absolute Gasteiger partial charge is 0.113 e. The van der Waals surface area contributed by atoms with E-state index in [1.54, 1.807) is 0 Å².